The molecule has 2 saturated heterocycles. The van der Waals surface area contributed by atoms with Crippen LogP contribution in [0.5, 0.6) is 11.5 Å². The second-order valence-electron chi connectivity index (χ2n) is 9.57. The number of anilines is 1. The van der Waals surface area contributed by atoms with Crippen LogP contribution in [0.2, 0.25) is 0 Å². The van der Waals surface area contributed by atoms with Crippen molar-refractivity contribution in [1.82, 2.24) is 10.2 Å². The van der Waals surface area contributed by atoms with Crippen molar-refractivity contribution in [2.24, 2.45) is 17.6 Å². The van der Waals surface area contributed by atoms with E-state index in [1.54, 1.807) is 18.2 Å². The number of primary amides is 1. The summed E-state index contributed by atoms with van der Waals surface area (Å²) in [6, 6.07) is 8.17. The molecule has 6 rings (SSSR count). The van der Waals surface area contributed by atoms with Gasteiger partial charge in [0.15, 0.2) is 11.5 Å². The number of rotatable bonds is 4. The van der Waals surface area contributed by atoms with Crippen molar-refractivity contribution >= 4 is 29.3 Å². The largest absolute Gasteiger partial charge is 0.454 e. The normalized spacial score (nSPS) is 28.0. The van der Waals surface area contributed by atoms with Gasteiger partial charge in [0.25, 0.3) is 0 Å². The lowest BCUT2D eigenvalue weighted by molar-refractivity contribution is -0.143. The molecule has 180 valence electrons. The molecule has 1 spiro atoms. The highest BCUT2D eigenvalue weighted by molar-refractivity contribution is 6.15. The van der Waals surface area contributed by atoms with Gasteiger partial charge in [0.05, 0.1) is 18.4 Å². The van der Waals surface area contributed by atoms with E-state index < -0.39 is 47.0 Å². The van der Waals surface area contributed by atoms with Crippen molar-refractivity contribution in [3.63, 3.8) is 0 Å². The Hall–Kier alpha value is -3.92. The second-order valence-corrected chi connectivity index (χ2v) is 9.57. The Kier molecular flexibility index (Phi) is 4.50. The van der Waals surface area contributed by atoms with Gasteiger partial charge in [0.2, 0.25) is 30.4 Å². The maximum absolute atomic E-state index is 13.8. The van der Waals surface area contributed by atoms with Crippen molar-refractivity contribution in [3.05, 3.63) is 52.6 Å². The fourth-order valence-electron chi connectivity index (χ4n) is 5.95. The first-order valence-corrected chi connectivity index (χ1v) is 11.4. The summed E-state index contributed by atoms with van der Waals surface area (Å²) >= 11 is 0. The molecule has 0 unspecified atom stereocenters. The quantitative estimate of drug-likeness (QED) is 0.555. The molecule has 0 bridgehead atoms. The van der Waals surface area contributed by atoms with Gasteiger partial charge in [-0.25, -0.2) is 0 Å². The topological polar surface area (TPSA) is 140 Å². The van der Waals surface area contributed by atoms with E-state index in [9.17, 15) is 19.2 Å². The third-order valence-electron chi connectivity index (χ3n) is 7.71. The highest BCUT2D eigenvalue weighted by atomic mass is 16.7. The molecule has 4 atom stereocenters. The summed E-state index contributed by atoms with van der Waals surface area (Å²) < 4.78 is 10.8. The molecule has 2 aromatic carbocycles. The minimum atomic E-state index is -1.46. The fraction of sp³-hybridized carbons (Fsp3) is 0.360. The Morgan fingerprint density at radius 3 is 2.66 bits per heavy atom. The number of fused-ring (bicyclic) bond motifs is 5. The molecule has 4 amide bonds. The van der Waals surface area contributed by atoms with E-state index in [1.807, 2.05) is 26.0 Å². The molecule has 10 heteroatoms. The van der Waals surface area contributed by atoms with Crippen molar-refractivity contribution in [3.8, 4) is 11.5 Å². The van der Waals surface area contributed by atoms with Gasteiger partial charge in [-0.3, -0.25) is 29.4 Å². The van der Waals surface area contributed by atoms with Gasteiger partial charge >= 0.3 is 0 Å². The minimum absolute atomic E-state index is 0.0160. The molecular formula is C25H24N4O6. The maximum Gasteiger partial charge on any atom is 0.250 e. The molecule has 4 heterocycles. The van der Waals surface area contributed by atoms with Crippen LogP contribution in [-0.2, 0) is 31.3 Å². The van der Waals surface area contributed by atoms with Gasteiger partial charge in [0, 0.05) is 23.7 Å². The summed E-state index contributed by atoms with van der Waals surface area (Å²) in [6.07, 6.45) is -0.173. The van der Waals surface area contributed by atoms with Crippen LogP contribution in [0.15, 0.2) is 30.3 Å². The van der Waals surface area contributed by atoms with Crippen LogP contribution < -0.4 is 25.8 Å². The van der Waals surface area contributed by atoms with Crippen LogP contribution in [0.1, 0.15) is 28.7 Å². The zero-order valence-electron chi connectivity index (χ0n) is 19.2. The average molecular weight is 476 g/mol. The number of nitrogens with one attached hydrogen (secondary N) is 2. The monoisotopic (exact) mass is 476 g/mol. The van der Waals surface area contributed by atoms with Gasteiger partial charge in [0.1, 0.15) is 5.54 Å². The number of imide groups is 1. The second kappa shape index (κ2) is 7.29. The molecule has 35 heavy (non-hydrogen) atoms. The molecule has 4 aliphatic rings. The van der Waals surface area contributed by atoms with Gasteiger partial charge < -0.3 is 20.5 Å². The lowest BCUT2D eigenvalue weighted by Gasteiger charge is -2.29. The number of nitrogens with two attached hydrogens (primary N) is 1. The first-order valence-electron chi connectivity index (χ1n) is 11.4. The van der Waals surface area contributed by atoms with Crippen molar-refractivity contribution in [2.45, 2.75) is 38.4 Å². The summed E-state index contributed by atoms with van der Waals surface area (Å²) in [7, 11) is 0. The fourth-order valence-corrected chi connectivity index (χ4v) is 5.95. The van der Waals surface area contributed by atoms with Crippen LogP contribution in [0.25, 0.3) is 0 Å². The van der Waals surface area contributed by atoms with E-state index in [0.29, 0.717) is 28.3 Å². The third kappa shape index (κ3) is 2.86. The maximum atomic E-state index is 13.8. The van der Waals surface area contributed by atoms with Gasteiger partial charge in [-0.1, -0.05) is 18.2 Å². The van der Waals surface area contributed by atoms with Crippen molar-refractivity contribution < 1.29 is 28.7 Å². The van der Waals surface area contributed by atoms with E-state index in [0.717, 1.165) is 11.1 Å². The van der Waals surface area contributed by atoms with E-state index >= 15 is 0 Å². The molecule has 10 nitrogen and oxygen atoms in total. The SMILES string of the molecule is Cc1ccc2c(c1C)NC(=O)[C@@]21N[C@@H](CC(N)=O)[C@H]2C(=O)N(Cc3ccc4c(c3)OCO4)C(=O)[C@H]21. The number of nitrogens with zero attached hydrogens (tertiary/aromatic N) is 1. The first-order chi connectivity index (χ1) is 16.7. The lowest BCUT2D eigenvalue weighted by Crippen LogP contribution is -2.53. The van der Waals surface area contributed by atoms with E-state index in [4.69, 9.17) is 15.2 Å². The highest BCUT2D eigenvalue weighted by Crippen LogP contribution is 2.54. The summed E-state index contributed by atoms with van der Waals surface area (Å²) in [5, 5.41) is 6.14. The number of likely N-dealkylation sites (tertiary alicyclic amines) is 1. The molecular weight excluding hydrogens is 452 g/mol. The Bertz CT molecular complexity index is 1340. The van der Waals surface area contributed by atoms with Crippen LogP contribution in [-0.4, -0.2) is 41.4 Å². The highest BCUT2D eigenvalue weighted by Gasteiger charge is 2.70. The van der Waals surface area contributed by atoms with Crippen LogP contribution in [0.3, 0.4) is 0 Å². The van der Waals surface area contributed by atoms with E-state index in [1.165, 1.54) is 4.90 Å². The number of hydrogen-bond donors (Lipinski definition) is 3. The Balaban J connectivity index is 1.43. The predicted molar refractivity (Wildman–Crippen MR) is 122 cm³/mol. The Morgan fingerprint density at radius 1 is 1.11 bits per heavy atom. The smallest absolute Gasteiger partial charge is 0.250 e. The molecule has 4 aliphatic heterocycles. The number of ether oxygens (including phenoxy) is 2. The van der Waals surface area contributed by atoms with E-state index in [-0.39, 0.29) is 19.8 Å². The van der Waals surface area contributed by atoms with Gasteiger partial charge in [-0.2, -0.15) is 0 Å². The van der Waals surface area contributed by atoms with Gasteiger partial charge in [-0.15, -0.1) is 0 Å². The molecule has 4 N–H and O–H groups in total. The number of carbonyl (C=O) groups excluding carboxylic acids is 4. The molecule has 2 aromatic rings. The van der Waals surface area contributed by atoms with Crippen LogP contribution in [0.4, 0.5) is 5.69 Å². The lowest BCUT2D eigenvalue weighted by atomic mass is 9.76. The molecule has 0 radical (unpaired) electrons. The van der Waals surface area contributed by atoms with Gasteiger partial charge in [-0.05, 0) is 42.7 Å². The molecule has 0 aromatic heterocycles. The number of carbonyl (C=O) groups is 4. The summed E-state index contributed by atoms with van der Waals surface area (Å²) in [4.78, 5) is 54.1. The predicted octanol–water partition coefficient (Wildman–Crippen LogP) is 0.828. The molecule has 0 aliphatic carbocycles. The van der Waals surface area contributed by atoms with Crippen LogP contribution >= 0.6 is 0 Å². The molecule has 2 fully saturated rings. The number of benzene rings is 2. The Labute approximate surface area is 200 Å². The van der Waals surface area contributed by atoms with Crippen LogP contribution in [0, 0.1) is 25.7 Å². The minimum Gasteiger partial charge on any atom is -0.454 e. The number of amides is 4. The Morgan fingerprint density at radius 2 is 1.89 bits per heavy atom. The summed E-state index contributed by atoms with van der Waals surface area (Å²) in [6.45, 7) is 3.96. The molecule has 0 saturated carbocycles. The first kappa shape index (κ1) is 21.6. The standard InChI is InChI=1S/C25H24N4O6/c1-11-3-5-14-21(12(11)2)27-24(33)25(14)20-19(15(28-25)8-18(26)30)22(31)29(23(20)32)9-13-4-6-16-17(7-13)35-10-34-16/h3-7,15,19-20,28H,8-10H2,1-2H3,(H2,26,30)(H,27,33)/t15-,19+,20-,25+/m0/s1. The summed E-state index contributed by atoms with van der Waals surface area (Å²) in [5.41, 5.74) is 7.83. The third-order valence-corrected chi connectivity index (χ3v) is 7.71. The van der Waals surface area contributed by atoms with E-state index in [2.05, 4.69) is 10.6 Å². The zero-order chi connectivity index (χ0) is 24.6. The van der Waals surface area contributed by atoms with Crippen molar-refractivity contribution in [2.75, 3.05) is 12.1 Å². The summed E-state index contributed by atoms with van der Waals surface area (Å²) in [5.74, 6) is -2.68. The number of hydrogen-bond acceptors (Lipinski definition) is 7. The number of aryl methyl sites for hydroxylation is 1. The zero-order valence-corrected chi connectivity index (χ0v) is 19.2. The average Bonchev–Trinajstić information content (AvgIpc) is 3.53. The van der Waals surface area contributed by atoms with Crippen molar-refractivity contribution in [1.29, 1.82) is 0 Å².